The van der Waals surface area contributed by atoms with E-state index < -0.39 is 10.0 Å². The molecule has 1 heterocycles. The fourth-order valence-corrected chi connectivity index (χ4v) is 5.37. The smallest absolute Gasteiger partial charge is 0.211 e. The van der Waals surface area contributed by atoms with Crippen LogP contribution in [0.2, 0.25) is 0 Å². The molecule has 1 aromatic rings. The highest BCUT2D eigenvalue weighted by Crippen LogP contribution is 2.42. The van der Waals surface area contributed by atoms with E-state index >= 15 is 0 Å². The first-order valence-electron chi connectivity index (χ1n) is 6.95. The lowest BCUT2D eigenvalue weighted by Crippen LogP contribution is -2.40. The molecular weight excluding hydrogens is 278 g/mol. The number of rotatable bonds is 6. The van der Waals surface area contributed by atoms with Crippen molar-refractivity contribution in [3.8, 4) is 0 Å². The van der Waals surface area contributed by atoms with Crippen LogP contribution in [-0.4, -0.2) is 20.7 Å². The van der Waals surface area contributed by atoms with Gasteiger partial charge in [-0.05, 0) is 30.2 Å². The summed E-state index contributed by atoms with van der Waals surface area (Å²) in [5.74, 6) is 0.381. The Kier molecular flexibility index (Phi) is 4.69. The molecule has 5 heteroatoms. The summed E-state index contributed by atoms with van der Waals surface area (Å²) in [6.45, 7) is 4.43. The lowest BCUT2D eigenvalue weighted by molar-refractivity contribution is 0.439. The molecule has 0 bridgehead atoms. The molecule has 2 rings (SSSR count). The first-order valence-corrected chi connectivity index (χ1v) is 9.48. The minimum absolute atomic E-state index is 0.0399. The van der Waals surface area contributed by atoms with Crippen molar-refractivity contribution in [2.24, 2.45) is 5.92 Å². The Morgan fingerprint density at radius 2 is 2.05 bits per heavy atom. The number of thiophene rings is 1. The number of nitrogens with one attached hydrogen (secondary N) is 1. The quantitative estimate of drug-likeness (QED) is 0.877. The summed E-state index contributed by atoms with van der Waals surface area (Å²) in [6, 6.07) is 4.20. The molecule has 0 spiro atoms. The molecule has 1 aliphatic rings. The average molecular weight is 301 g/mol. The van der Waals surface area contributed by atoms with E-state index in [1.165, 1.54) is 17.7 Å². The van der Waals surface area contributed by atoms with Gasteiger partial charge in [0.2, 0.25) is 10.0 Å². The number of hydrogen-bond acceptors (Lipinski definition) is 3. The Balaban J connectivity index is 2.07. The van der Waals surface area contributed by atoms with E-state index in [4.69, 9.17) is 0 Å². The van der Waals surface area contributed by atoms with E-state index in [0.717, 1.165) is 12.8 Å². The second-order valence-electron chi connectivity index (χ2n) is 5.96. The Labute approximate surface area is 120 Å². The Bertz CT molecular complexity index is 486. The van der Waals surface area contributed by atoms with Gasteiger partial charge >= 0.3 is 0 Å². The summed E-state index contributed by atoms with van der Waals surface area (Å²) in [5, 5.41) is 2.08. The third kappa shape index (κ3) is 3.80. The van der Waals surface area contributed by atoms with Crippen molar-refractivity contribution in [3.63, 3.8) is 0 Å². The minimum Gasteiger partial charge on any atom is -0.214 e. The summed E-state index contributed by atoms with van der Waals surface area (Å²) in [6.07, 6.45) is 4.59. The van der Waals surface area contributed by atoms with Gasteiger partial charge in [-0.25, -0.2) is 13.1 Å². The molecule has 0 amide bonds. The monoisotopic (exact) mass is 301 g/mol. The van der Waals surface area contributed by atoms with E-state index in [0.29, 0.717) is 6.54 Å². The first-order chi connectivity index (χ1) is 8.94. The molecule has 1 N–H and O–H groups in total. The van der Waals surface area contributed by atoms with Crippen LogP contribution in [-0.2, 0) is 15.4 Å². The molecule has 0 atom stereocenters. The first kappa shape index (κ1) is 15.0. The van der Waals surface area contributed by atoms with E-state index in [-0.39, 0.29) is 17.1 Å². The highest BCUT2D eigenvalue weighted by molar-refractivity contribution is 7.89. The average Bonchev–Trinajstić information content (AvgIpc) is 2.97. The maximum absolute atomic E-state index is 12.0. The fraction of sp³-hybridized carbons (Fsp3) is 0.714. The van der Waals surface area contributed by atoms with Gasteiger partial charge in [-0.2, -0.15) is 0 Å². The Morgan fingerprint density at radius 3 is 2.58 bits per heavy atom. The van der Waals surface area contributed by atoms with Crippen molar-refractivity contribution >= 4 is 21.4 Å². The molecule has 0 radical (unpaired) electrons. The van der Waals surface area contributed by atoms with Crippen LogP contribution >= 0.6 is 11.3 Å². The van der Waals surface area contributed by atoms with E-state index in [1.807, 2.05) is 13.8 Å². The Morgan fingerprint density at radius 1 is 1.37 bits per heavy atom. The van der Waals surface area contributed by atoms with Crippen LogP contribution in [0.3, 0.4) is 0 Å². The molecular formula is C14H23NO2S2. The van der Waals surface area contributed by atoms with Gasteiger partial charge in [0.15, 0.2) is 0 Å². The second kappa shape index (κ2) is 5.94. The van der Waals surface area contributed by atoms with Crippen molar-refractivity contribution in [2.75, 3.05) is 12.3 Å². The third-order valence-electron chi connectivity index (χ3n) is 3.79. The van der Waals surface area contributed by atoms with E-state index in [9.17, 15) is 8.42 Å². The summed E-state index contributed by atoms with van der Waals surface area (Å²) in [5.41, 5.74) is 0.0399. The molecule has 0 saturated heterocycles. The molecule has 0 aliphatic heterocycles. The summed E-state index contributed by atoms with van der Waals surface area (Å²) >= 11 is 1.75. The van der Waals surface area contributed by atoms with Gasteiger partial charge in [-0.1, -0.05) is 32.8 Å². The molecule has 1 saturated carbocycles. The van der Waals surface area contributed by atoms with Crippen molar-refractivity contribution in [2.45, 2.75) is 44.9 Å². The SMILES string of the molecule is CC(C)CS(=O)(=O)NCC1(c2cccs2)CCCC1. The highest BCUT2D eigenvalue weighted by atomic mass is 32.2. The van der Waals surface area contributed by atoms with Gasteiger partial charge in [0, 0.05) is 16.8 Å². The van der Waals surface area contributed by atoms with E-state index in [1.54, 1.807) is 11.3 Å². The molecule has 108 valence electrons. The maximum Gasteiger partial charge on any atom is 0.211 e. The summed E-state index contributed by atoms with van der Waals surface area (Å²) in [4.78, 5) is 1.33. The predicted molar refractivity (Wildman–Crippen MR) is 81.1 cm³/mol. The van der Waals surface area contributed by atoms with E-state index in [2.05, 4.69) is 22.2 Å². The third-order valence-corrected chi connectivity index (χ3v) is 6.59. The molecule has 19 heavy (non-hydrogen) atoms. The van der Waals surface area contributed by atoms with Gasteiger partial charge < -0.3 is 0 Å². The summed E-state index contributed by atoms with van der Waals surface area (Å²) < 4.78 is 26.8. The van der Waals surface area contributed by atoms with Gasteiger partial charge in [0.1, 0.15) is 0 Å². The lowest BCUT2D eigenvalue weighted by atomic mass is 9.85. The maximum atomic E-state index is 12.0. The predicted octanol–water partition coefficient (Wildman–Crippen LogP) is 3.14. The zero-order valence-corrected chi connectivity index (χ0v) is 13.3. The molecule has 1 aliphatic carbocycles. The van der Waals surface area contributed by atoms with Crippen molar-refractivity contribution in [1.82, 2.24) is 4.72 Å². The molecule has 0 aromatic carbocycles. The van der Waals surface area contributed by atoms with Crippen LogP contribution in [0.5, 0.6) is 0 Å². The largest absolute Gasteiger partial charge is 0.214 e. The van der Waals surface area contributed by atoms with Crippen LogP contribution in [0.4, 0.5) is 0 Å². The van der Waals surface area contributed by atoms with Gasteiger partial charge in [-0.3, -0.25) is 0 Å². The van der Waals surface area contributed by atoms with Crippen molar-refractivity contribution in [1.29, 1.82) is 0 Å². The van der Waals surface area contributed by atoms with Gasteiger partial charge in [0.05, 0.1) is 5.75 Å². The lowest BCUT2D eigenvalue weighted by Gasteiger charge is -2.28. The zero-order valence-electron chi connectivity index (χ0n) is 11.7. The van der Waals surface area contributed by atoms with Crippen LogP contribution in [0.15, 0.2) is 17.5 Å². The van der Waals surface area contributed by atoms with Crippen molar-refractivity contribution < 1.29 is 8.42 Å². The Hall–Kier alpha value is -0.390. The number of hydrogen-bond donors (Lipinski definition) is 1. The fourth-order valence-electron chi connectivity index (χ4n) is 2.89. The van der Waals surface area contributed by atoms with Gasteiger partial charge in [0.25, 0.3) is 0 Å². The van der Waals surface area contributed by atoms with Crippen LogP contribution < -0.4 is 4.72 Å². The highest BCUT2D eigenvalue weighted by Gasteiger charge is 2.37. The minimum atomic E-state index is -3.14. The topological polar surface area (TPSA) is 46.2 Å². The summed E-state index contributed by atoms with van der Waals surface area (Å²) in [7, 11) is -3.14. The molecule has 1 aromatic heterocycles. The van der Waals surface area contributed by atoms with Gasteiger partial charge in [-0.15, -0.1) is 11.3 Å². The molecule has 0 unspecified atom stereocenters. The zero-order chi connectivity index (χ0) is 13.9. The molecule has 3 nitrogen and oxygen atoms in total. The van der Waals surface area contributed by atoms with Crippen molar-refractivity contribution in [3.05, 3.63) is 22.4 Å². The second-order valence-corrected chi connectivity index (χ2v) is 8.76. The van der Waals surface area contributed by atoms with Crippen LogP contribution in [0.1, 0.15) is 44.4 Å². The van der Waals surface area contributed by atoms with Crippen LogP contribution in [0, 0.1) is 5.92 Å². The number of sulfonamides is 1. The normalized spacial score (nSPS) is 19.1. The molecule has 1 fully saturated rings. The standard InChI is InChI=1S/C14H23NO2S2/c1-12(2)10-19(16,17)15-11-14(7-3-4-8-14)13-6-5-9-18-13/h5-6,9,12,15H,3-4,7-8,10-11H2,1-2H3. The van der Waals surface area contributed by atoms with Crippen LogP contribution in [0.25, 0.3) is 0 Å².